The zero-order valence-electron chi connectivity index (χ0n) is 10.2. The maximum atomic E-state index is 11.9. The van der Waals surface area contributed by atoms with Crippen molar-refractivity contribution in [2.75, 3.05) is 0 Å². The molecule has 0 aliphatic carbocycles. The van der Waals surface area contributed by atoms with Crippen LogP contribution in [0.4, 0.5) is 0 Å². The van der Waals surface area contributed by atoms with E-state index in [9.17, 15) is 9.59 Å². The van der Waals surface area contributed by atoms with Gasteiger partial charge in [0.1, 0.15) is 11.1 Å². The SMILES string of the molecule is CCC(=O)C(C)OC(=O)c1cnn2ncccc12. The number of carbonyl (C=O) groups is 2. The Morgan fingerprint density at radius 2 is 2.22 bits per heavy atom. The van der Waals surface area contributed by atoms with Crippen LogP contribution in [0.25, 0.3) is 5.52 Å². The number of nitrogens with zero attached hydrogens (tertiary/aromatic N) is 3. The van der Waals surface area contributed by atoms with E-state index >= 15 is 0 Å². The Labute approximate surface area is 104 Å². The number of ketones is 1. The van der Waals surface area contributed by atoms with Crippen molar-refractivity contribution in [2.24, 2.45) is 0 Å². The van der Waals surface area contributed by atoms with Crippen molar-refractivity contribution in [1.29, 1.82) is 0 Å². The summed E-state index contributed by atoms with van der Waals surface area (Å²) in [6.45, 7) is 3.29. The van der Waals surface area contributed by atoms with E-state index in [1.165, 1.54) is 10.8 Å². The van der Waals surface area contributed by atoms with Gasteiger partial charge in [-0.15, -0.1) is 0 Å². The molecule has 2 rings (SSSR count). The van der Waals surface area contributed by atoms with E-state index in [2.05, 4.69) is 10.2 Å². The van der Waals surface area contributed by atoms with Gasteiger partial charge in [0.25, 0.3) is 0 Å². The lowest BCUT2D eigenvalue weighted by atomic mass is 10.2. The molecule has 1 atom stereocenters. The van der Waals surface area contributed by atoms with Crippen molar-refractivity contribution in [3.63, 3.8) is 0 Å². The molecule has 0 N–H and O–H groups in total. The molecule has 6 nitrogen and oxygen atoms in total. The van der Waals surface area contributed by atoms with Gasteiger partial charge in [-0.25, -0.2) is 4.79 Å². The Balaban J connectivity index is 2.21. The predicted molar refractivity (Wildman–Crippen MR) is 63.2 cm³/mol. The molecule has 0 bridgehead atoms. The molecular weight excluding hydrogens is 234 g/mol. The van der Waals surface area contributed by atoms with Gasteiger partial charge in [-0.05, 0) is 19.1 Å². The van der Waals surface area contributed by atoms with Crippen LogP contribution in [0, 0.1) is 0 Å². The minimum atomic E-state index is -0.742. The molecule has 0 saturated heterocycles. The van der Waals surface area contributed by atoms with E-state index in [0.717, 1.165) is 0 Å². The summed E-state index contributed by atoms with van der Waals surface area (Å²) in [7, 11) is 0. The zero-order valence-corrected chi connectivity index (χ0v) is 10.2. The van der Waals surface area contributed by atoms with Crippen LogP contribution in [-0.2, 0) is 9.53 Å². The fraction of sp³-hybridized carbons (Fsp3) is 0.333. The summed E-state index contributed by atoms with van der Waals surface area (Å²) >= 11 is 0. The Kier molecular flexibility index (Phi) is 3.36. The minimum Gasteiger partial charge on any atom is -0.451 e. The summed E-state index contributed by atoms with van der Waals surface area (Å²) in [5.74, 6) is -0.676. The topological polar surface area (TPSA) is 73.6 Å². The van der Waals surface area contributed by atoms with E-state index in [1.807, 2.05) is 0 Å². The lowest BCUT2D eigenvalue weighted by Crippen LogP contribution is -2.23. The molecule has 2 heterocycles. The van der Waals surface area contributed by atoms with Crippen molar-refractivity contribution in [3.05, 3.63) is 30.1 Å². The lowest BCUT2D eigenvalue weighted by Gasteiger charge is -2.10. The molecule has 1 unspecified atom stereocenters. The van der Waals surface area contributed by atoms with Crippen molar-refractivity contribution < 1.29 is 14.3 Å². The first-order valence-electron chi connectivity index (χ1n) is 5.66. The summed E-state index contributed by atoms with van der Waals surface area (Å²) in [5.41, 5.74) is 0.859. The molecule has 0 saturated carbocycles. The van der Waals surface area contributed by atoms with Gasteiger partial charge in [0.05, 0.1) is 6.20 Å². The molecule has 0 spiro atoms. The van der Waals surface area contributed by atoms with Crippen LogP contribution in [0.2, 0.25) is 0 Å². The van der Waals surface area contributed by atoms with Crippen molar-refractivity contribution in [1.82, 2.24) is 14.8 Å². The summed E-state index contributed by atoms with van der Waals surface area (Å²) in [5, 5.41) is 7.88. The van der Waals surface area contributed by atoms with Gasteiger partial charge in [-0.1, -0.05) is 6.92 Å². The minimum absolute atomic E-state index is 0.113. The average Bonchev–Trinajstić information content (AvgIpc) is 2.81. The van der Waals surface area contributed by atoms with Gasteiger partial charge >= 0.3 is 5.97 Å². The molecular formula is C12H13N3O3. The molecule has 0 aliphatic rings. The van der Waals surface area contributed by atoms with E-state index in [4.69, 9.17) is 4.74 Å². The number of carbonyl (C=O) groups excluding carboxylic acids is 2. The first-order valence-corrected chi connectivity index (χ1v) is 5.66. The van der Waals surface area contributed by atoms with E-state index < -0.39 is 12.1 Å². The molecule has 0 aromatic carbocycles. The Bertz CT molecular complexity index is 591. The smallest absolute Gasteiger partial charge is 0.342 e. The van der Waals surface area contributed by atoms with Gasteiger partial charge in [-0.2, -0.15) is 14.8 Å². The lowest BCUT2D eigenvalue weighted by molar-refractivity contribution is -0.126. The molecule has 0 radical (unpaired) electrons. The second-order valence-electron chi connectivity index (χ2n) is 3.82. The molecule has 2 aromatic rings. The van der Waals surface area contributed by atoms with E-state index in [1.54, 1.807) is 32.2 Å². The molecule has 0 aliphatic heterocycles. The Morgan fingerprint density at radius 3 is 2.94 bits per heavy atom. The highest BCUT2D eigenvalue weighted by Gasteiger charge is 2.20. The number of esters is 1. The van der Waals surface area contributed by atoms with Gasteiger partial charge < -0.3 is 4.74 Å². The fourth-order valence-electron chi connectivity index (χ4n) is 1.57. The van der Waals surface area contributed by atoms with Gasteiger partial charge in [0.15, 0.2) is 11.9 Å². The summed E-state index contributed by atoms with van der Waals surface area (Å²) in [4.78, 5) is 23.3. The normalized spacial score (nSPS) is 12.3. The molecule has 2 aromatic heterocycles. The van der Waals surface area contributed by atoms with Crippen LogP contribution in [0.1, 0.15) is 30.6 Å². The number of fused-ring (bicyclic) bond motifs is 1. The van der Waals surface area contributed by atoms with Crippen LogP contribution >= 0.6 is 0 Å². The number of aromatic nitrogens is 3. The van der Waals surface area contributed by atoms with Crippen LogP contribution in [0.3, 0.4) is 0 Å². The molecule has 18 heavy (non-hydrogen) atoms. The third-order valence-electron chi connectivity index (χ3n) is 2.61. The third kappa shape index (κ3) is 2.22. The quantitative estimate of drug-likeness (QED) is 0.760. The standard InChI is InChI=1S/C12H13N3O3/c1-3-11(16)8(2)18-12(17)9-7-14-15-10(9)5-4-6-13-15/h4-8H,3H2,1-2H3. The number of hydrogen-bond acceptors (Lipinski definition) is 5. The van der Waals surface area contributed by atoms with Gasteiger partial charge in [0.2, 0.25) is 0 Å². The zero-order chi connectivity index (χ0) is 13.1. The molecule has 94 valence electrons. The number of ether oxygens (including phenoxy) is 1. The maximum Gasteiger partial charge on any atom is 0.342 e. The number of hydrogen-bond donors (Lipinski definition) is 0. The highest BCUT2D eigenvalue weighted by molar-refractivity contribution is 5.98. The van der Waals surface area contributed by atoms with Gasteiger partial charge in [-0.3, -0.25) is 4.79 Å². The Hall–Kier alpha value is -2.24. The van der Waals surface area contributed by atoms with Crippen LogP contribution in [0.5, 0.6) is 0 Å². The second kappa shape index (κ2) is 4.95. The highest BCUT2D eigenvalue weighted by atomic mass is 16.5. The van der Waals surface area contributed by atoms with Crippen LogP contribution in [-0.4, -0.2) is 32.7 Å². The van der Waals surface area contributed by atoms with Crippen LogP contribution < -0.4 is 0 Å². The Morgan fingerprint density at radius 1 is 1.44 bits per heavy atom. The van der Waals surface area contributed by atoms with Crippen LogP contribution in [0.15, 0.2) is 24.5 Å². The molecule has 0 amide bonds. The molecule has 0 fully saturated rings. The first kappa shape index (κ1) is 12.2. The second-order valence-corrected chi connectivity index (χ2v) is 3.82. The van der Waals surface area contributed by atoms with E-state index in [-0.39, 0.29) is 5.78 Å². The fourth-order valence-corrected chi connectivity index (χ4v) is 1.57. The third-order valence-corrected chi connectivity index (χ3v) is 2.61. The highest BCUT2D eigenvalue weighted by Crippen LogP contribution is 2.11. The van der Waals surface area contributed by atoms with Gasteiger partial charge in [0, 0.05) is 12.6 Å². The van der Waals surface area contributed by atoms with Crippen molar-refractivity contribution >= 4 is 17.3 Å². The maximum absolute atomic E-state index is 11.9. The predicted octanol–water partition coefficient (Wildman–Crippen LogP) is 1.25. The number of Topliss-reactive ketones (excluding diaryl/α,β-unsaturated/α-hetero) is 1. The summed E-state index contributed by atoms with van der Waals surface area (Å²) < 4.78 is 6.42. The largest absolute Gasteiger partial charge is 0.451 e. The number of rotatable bonds is 4. The first-order chi connectivity index (χ1) is 8.63. The van der Waals surface area contributed by atoms with Crippen molar-refractivity contribution in [2.45, 2.75) is 26.4 Å². The average molecular weight is 247 g/mol. The van der Waals surface area contributed by atoms with E-state index in [0.29, 0.717) is 17.5 Å². The monoisotopic (exact) mass is 247 g/mol. The molecule has 6 heteroatoms. The summed E-state index contributed by atoms with van der Waals surface area (Å²) in [6.07, 6.45) is 2.55. The summed E-state index contributed by atoms with van der Waals surface area (Å²) in [6, 6.07) is 3.41. The van der Waals surface area contributed by atoms with Crippen molar-refractivity contribution in [3.8, 4) is 0 Å².